The van der Waals surface area contributed by atoms with Gasteiger partial charge in [-0.3, -0.25) is 4.79 Å². The van der Waals surface area contributed by atoms with Crippen molar-refractivity contribution in [3.63, 3.8) is 0 Å². The molecule has 0 amide bonds. The van der Waals surface area contributed by atoms with Crippen LogP contribution < -0.4 is 5.73 Å². The van der Waals surface area contributed by atoms with Crippen LogP contribution in [0.4, 0.5) is 0 Å². The Bertz CT molecular complexity index is 734. The Morgan fingerprint density at radius 2 is 2.14 bits per heavy atom. The van der Waals surface area contributed by atoms with Gasteiger partial charge < -0.3 is 15.5 Å². The van der Waals surface area contributed by atoms with Gasteiger partial charge in [0.1, 0.15) is 12.6 Å². The van der Waals surface area contributed by atoms with Gasteiger partial charge in [-0.1, -0.05) is 24.3 Å². The number of carbonyl (C=O) groups is 1. The highest BCUT2D eigenvalue weighted by molar-refractivity contribution is 7.09. The number of hydrogen-bond donors (Lipinski definition) is 2. The van der Waals surface area contributed by atoms with Crippen LogP contribution in [0.15, 0.2) is 48.0 Å². The molecule has 108 valence electrons. The van der Waals surface area contributed by atoms with Crippen LogP contribution in [0.5, 0.6) is 0 Å². The number of carbonyl (C=O) groups excluding carboxylic acids is 1. The zero-order valence-electron chi connectivity index (χ0n) is 11.4. The molecule has 4 nitrogen and oxygen atoms in total. The monoisotopic (exact) mass is 300 g/mol. The van der Waals surface area contributed by atoms with E-state index in [1.165, 1.54) is 0 Å². The summed E-state index contributed by atoms with van der Waals surface area (Å²) in [7, 11) is 0. The second-order valence-corrected chi connectivity index (χ2v) is 5.89. The normalized spacial score (nSPS) is 12.4. The number of esters is 1. The highest BCUT2D eigenvalue weighted by Gasteiger charge is 2.17. The molecule has 0 aliphatic heterocycles. The fraction of sp³-hybridized carbons (Fsp3) is 0.188. The number of hydrogen-bond acceptors (Lipinski definition) is 4. The molecule has 2 aromatic heterocycles. The summed E-state index contributed by atoms with van der Waals surface area (Å²) < 4.78 is 5.25. The van der Waals surface area contributed by atoms with Crippen LogP contribution in [-0.4, -0.2) is 17.0 Å². The summed E-state index contributed by atoms with van der Waals surface area (Å²) in [6.45, 7) is 0.290. The van der Waals surface area contributed by atoms with E-state index in [9.17, 15) is 4.79 Å². The van der Waals surface area contributed by atoms with E-state index in [1.807, 2.05) is 48.0 Å². The van der Waals surface area contributed by atoms with E-state index in [0.29, 0.717) is 6.42 Å². The van der Waals surface area contributed by atoms with Gasteiger partial charge in [0.2, 0.25) is 0 Å². The number of nitrogens with one attached hydrogen (secondary N) is 1. The van der Waals surface area contributed by atoms with Gasteiger partial charge >= 0.3 is 5.97 Å². The largest absolute Gasteiger partial charge is 0.459 e. The Morgan fingerprint density at radius 1 is 1.29 bits per heavy atom. The van der Waals surface area contributed by atoms with Gasteiger partial charge in [0.15, 0.2) is 0 Å². The number of fused-ring (bicyclic) bond motifs is 1. The summed E-state index contributed by atoms with van der Waals surface area (Å²) in [4.78, 5) is 16.1. The number of aromatic amines is 1. The van der Waals surface area contributed by atoms with Crippen molar-refractivity contribution in [1.82, 2.24) is 4.98 Å². The standard InChI is InChI=1S/C16H16N2O2S/c17-14(16(19)20-10-12-4-3-7-21-12)8-11-9-18-15-6-2-1-5-13(11)15/h1-7,9,14,18H,8,10,17H2/t14-/m1/s1. The van der Waals surface area contributed by atoms with E-state index < -0.39 is 6.04 Å². The molecule has 3 rings (SSSR count). The van der Waals surface area contributed by atoms with E-state index in [-0.39, 0.29) is 12.6 Å². The van der Waals surface area contributed by atoms with Gasteiger partial charge in [-0.15, -0.1) is 11.3 Å². The molecule has 3 aromatic rings. The quantitative estimate of drug-likeness (QED) is 0.712. The summed E-state index contributed by atoms with van der Waals surface area (Å²) in [5.74, 6) is -0.367. The van der Waals surface area contributed by atoms with E-state index >= 15 is 0 Å². The molecular weight excluding hydrogens is 284 g/mol. The maximum absolute atomic E-state index is 11.9. The highest BCUT2D eigenvalue weighted by Crippen LogP contribution is 2.19. The molecular formula is C16H16N2O2S. The van der Waals surface area contributed by atoms with Gasteiger partial charge in [0.05, 0.1) is 0 Å². The molecule has 0 saturated carbocycles. The van der Waals surface area contributed by atoms with Gasteiger partial charge in [0, 0.05) is 28.4 Å². The summed E-state index contributed by atoms with van der Waals surface area (Å²) in [5.41, 5.74) is 8.04. The minimum atomic E-state index is -0.649. The number of nitrogens with two attached hydrogens (primary N) is 1. The number of benzene rings is 1. The van der Waals surface area contributed by atoms with Gasteiger partial charge in [0.25, 0.3) is 0 Å². The van der Waals surface area contributed by atoms with Crippen molar-refractivity contribution in [2.24, 2.45) is 5.73 Å². The van der Waals surface area contributed by atoms with Crippen molar-refractivity contribution in [2.75, 3.05) is 0 Å². The third kappa shape index (κ3) is 3.15. The number of rotatable bonds is 5. The number of ether oxygens (including phenoxy) is 1. The smallest absolute Gasteiger partial charge is 0.323 e. The predicted molar refractivity (Wildman–Crippen MR) is 84.1 cm³/mol. The van der Waals surface area contributed by atoms with Gasteiger partial charge in [-0.2, -0.15) is 0 Å². The summed E-state index contributed by atoms with van der Waals surface area (Å²) >= 11 is 1.56. The van der Waals surface area contributed by atoms with Crippen molar-refractivity contribution in [3.05, 3.63) is 58.4 Å². The fourth-order valence-corrected chi connectivity index (χ4v) is 2.88. The van der Waals surface area contributed by atoms with E-state index in [0.717, 1.165) is 21.3 Å². The molecule has 0 aliphatic carbocycles. The Hall–Kier alpha value is -2.11. The second-order valence-electron chi connectivity index (χ2n) is 4.86. The minimum absolute atomic E-state index is 0.290. The van der Waals surface area contributed by atoms with Crippen LogP contribution in [-0.2, 0) is 22.6 Å². The van der Waals surface area contributed by atoms with Crippen LogP contribution in [0.25, 0.3) is 10.9 Å². The minimum Gasteiger partial charge on any atom is -0.459 e. The molecule has 0 radical (unpaired) electrons. The second kappa shape index (κ2) is 6.11. The molecule has 0 fully saturated rings. The zero-order chi connectivity index (χ0) is 14.7. The molecule has 2 heterocycles. The first-order chi connectivity index (χ1) is 10.2. The third-order valence-corrected chi connectivity index (χ3v) is 4.20. The van der Waals surface area contributed by atoms with Crippen molar-refractivity contribution >= 4 is 28.2 Å². The molecule has 5 heteroatoms. The molecule has 0 unspecified atom stereocenters. The van der Waals surface area contributed by atoms with Crippen molar-refractivity contribution < 1.29 is 9.53 Å². The average Bonchev–Trinajstić information content (AvgIpc) is 3.15. The molecule has 0 spiro atoms. The first-order valence-corrected chi connectivity index (χ1v) is 7.61. The lowest BCUT2D eigenvalue weighted by molar-refractivity contribution is -0.146. The van der Waals surface area contributed by atoms with Crippen molar-refractivity contribution in [2.45, 2.75) is 19.1 Å². The van der Waals surface area contributed by atoms with Crippen LogP contribution in [0.3, 0.4) is 0 Å². The van der Waals surface area contributed by atoms with E-state index in [4.69, 9.17) is 10.5 Å². The maximum Gasteiger partial charge on any atom is 0.323 e. The molecule has 0 aliphatic rings. The lowest BCUT2D eigenvalue weighted by atomic mass is 10.1. The average molecular weight is 300 g/mol. The molecule has 1 aromatic carbocycles. The third-order valence-electron chi connectivity index (χ3n) is 3.35. The van der Waals surface area contributed by atoms with Gasteiger partial charge in [-0.05, 0) is 23.1 Å². The molecule has 21 heavy (non-hydrogen) atoms. The first-order valence-electron chi connectivity index (χ1n) is 6.73. The Balaban J connectivity index is 1.62. The summed E-state index contributed by atoms with van der Waals surface area (Å²) in [6, 6.07) is 11.2. The number of H-pyrrole nitrogens is 1. The number of aromatic nitrogens is 1. The van der Waals surface area contributed by atoms with E-state index in [2.05, 4.69) is 4.98 Å². The summed E-state index contributed by atoms with van der Waals surface area (Å²) in [6.07, 6.45) is 2.37. The summed E-state index contributed by atoms with van der Waals surface area (Å²) in [5, 5.41) is 3.05. The van der Waals surface area contributed by atoms with Crippen LogP contribution >= 0.6 is 11.3 Å². The topological polar surface area (TPSA) is 68.1 Å². The predicted octanol–water partition coefficient (Wildman–Crippen LogP) is 2.84. The lowest BCUT2D eigenvalue weighted by Gasteiger charge is -2.10. The van der Waals surface area contributed by atoms with Crippen LogP contribution in [0.1, 0.15) is 10.4 Å². The van der Waals surface area contributed by atoms with Crippen LogP contribution in [0.2, 0.25) is 0 Å². The Kier molecular flexibility index (Phi) is 4.03. The maximum atomic E-state index is 11.9. The van der Waals surface area contributed by atoms with Crippen LogP contribution in [0, 0.1) is 0 Å². The molecule has 0 saturated heterocycles. The number of thiophene rings is 1. The molecule has 1 atom stereocenters. The number of para-hydroxylation sites is 1. The Labute approximate surface area is 126 Å². The lowest BCUT2D eigenvalue weighted by Crippen LogP contribution is -2.34. The first kappa shape index (κ1) is 13.9. The van der Waals surface area contributed by atoms with Gasteiger partial charge in [-0.25, -0.2) is 0 Å². The van der Waals surface area contributed by atoms with E-state index in [1.54, 1.807) is 11.3 Å². The SMILES string of the molecule is N[C@H](Cc1c[nH]c2ccccc12)C(=O)OCc1cccs1. The van der Waals surface area contributed by atoms with Crippen molar-refractivity contribution in [3.8, 4) is 0 Å². The fourth-order valence-electron chi connectivity index (χ4n) is 2.26. The zero-order valence-corrected chi connectivity index (χ0v) is 12.2. The molecule has 3 N–H and O–H groups in total. The molecule has 0 bridgehead atoms. The highest BCUT2D eigenvalue weighted by atomic mass is 32.1. The Morgan fingerprint density at radius 3 is 2.95 bits per heavy atom. The van der Waals surface area contributed by atoms with Crippen molar-refractivity contribution in [1.29, 1.82) is 0 Å².